The lowest BCUT2D eigenvalue weighted by Crippen LogP contribution is -2.41. The first-order valence-corrected chi connectivity index (χ1v) is 8.56. The minimum Gasteiger partial charge on any atom is -0.374 e. The maximum absolute atomic E-state index is 10.8. The fourth-order valence-corrected chi connectivity index (χ4v) is 2.10. The molecule has 6 nitrogen and oxygen atoms in total. The zero-order valence-corrected chi connectivity index (χ0v) is 17.7. The molecular formula is C18H31IN4O2. The van der Waals surface area contributed by atoms with Gasteiger partial charge < -0.3 is 20.7 Å². The predicted octanol–water partition coefficient (Wildman–Crippen LogP) is 2.46. The number of halogens is 1. The Morgan fingerprint density at radius 3 is 2.48 bits per heavy atom. The van der Waals surface area contributed by atoms with Gasteiger partial charge in [0.05, 0.1) is 6.10 Å². The molecule has 0 radical (unpaired) electrons. The van der Waals surface area contributed by atoms with Crippen LogP contribution < -0.4 is 16.0 Å². The van der Waals surface area contributed by atoms with E-state index in [1.165, 1.54) is 12.5 Å². The molecule has 0 saturated heterocycles. The van der Waals surface area contributed by atoms with E-state index >= 15 is 0 Å². The van der Waals surface area contributed by atoms with Crippen LogP contribution >= 0.6 is 24.0 Å². The molecule has 0 aliphatic heterocycles. The molecule has 0 fully saturated rings. The molecule has 1 rings (SSSR count). The number of amides is 1. The molecule has 1 unspecified atom stereocenters. The van der Waals surface area contributed by atoms with Gasteiger partial charge in [0.1, 0.15) is 0 Å². The van der Waals surface area contributed by atoms with E-state index < -0.39 is 0 Å². The van der Waals surface area contributed by atoms with Crippen LogP contribution in [-0.2, 0) is 9.53 Å². The number of guanidine groups is 1. The van der Waals surface area contributed by atoms with Gasteiger partial charge in [0.2, 0.25) is 5.91 Å². The van der Waals surface area contributed by atoms with Gasteiger partial charge in [0, 0.05) is 39.7 Å². The Hall–Kier alpha value is -1.35. The highest BCUT2D eigenvalue weighted by Gasteiger charge is 2.04. The number of rotatable bonds is 10. The van der Waals surface area contributed by atoms with Gasteiger partial charge in [0.15, 0.2) is 5.96 Å². The summed E-state index contributed by atoms with van der Waals surface area (Å²) >= 11 is 0. The Bertz CT molecular complexity index is 497. The van der Waals surface area contributed by atoms with Crippen molar-refractivity contribution in [1.82, 2.24) is 16.0 Å². The Kier molecular flexibility index (Phi) is 14.1. The van der Waals surface area contributed by atoms with Gasteiger partial charge in [-0.1, -0.05) is 30.3 Å². The summed E-state index contributed by atoms with van der Waals surface area (Å²) in [5, 5.41) is 9.11. The Morgan fingerprint density at radius 2 is 1.84 bits per heavy atom. The Morgan fingerprint density at radius 1 is 1.16 bits per heavy atom. The maximum Gasteiger partial charge on any atom is 0.216 e. The molecule has 0 aliphatic rings. The molecule has 0 bridgehead atoms. The van der Waals surface area contributed by atoms with Crippen molar-refractivity contribution < 1.29 is 9.53 Å². The number of nitrogens with zero attached hydrogens (tertiary/aromatic N) is 1. The molecule has 1 atom stereocenters. The van der Waals surface area contributed by atoms with Gasteiger partial charge in [-0.2, -0.15) is 0 Å². The predicted molar refractivity (Wildman–Crippen MR) is 114 cm³/mol. The number of carbonyl (C=O) groups excluding carboxylic acids is 1. The topological polar surface area (TPSA) is 74.8 Å². The van der Waals surface area contributed by atoms with E-state index in [1.807, 2.05) is 25.1 Å². The van der Waals surface area contributed by atoms with Gasteiger partial charge in [-0.05, 0) is 25.8 Å². The second kappa shape index (κ2) is 14.9. The van der Waals surface area contributed by atoms with E-state index in [9.17, 15) is 4.79 Å². The van der Waals surface area contributed by atoms with E-state index in [4.69, 9.17) is 4.74 Å². The molecule has 7 heteroatoms. The van der Waals surface area contributed by atoms with Crippen molar-refractivity contribution in [2.45, 2.75) is 33.3 Å². The van der Waals surface area contributed by atoms with Gasteiger partial charge in [-0.15, -0.1) is 24.0 Å². The summed E-state index contributed by atoms with van der Waals surface area (Å²) in [5.74, 6) is 0.738. The van der Waals surface area contributed by atoms with Gasteiger partial charge in [0.25, 0.3) is 0 Å². The first-order valence-electron chi connectivity index (χ1n) is 8.56. The van der Waals surface area contributed by atoms with Crippen LogP contribution in [0.4, 0.5) is 0 Å². The Balaban J connectivity index is 0.00000576. The van der Waals surface area contributed by atoms with E-state index in [2.05, 4.69) is 40.0 Å². The van der Waals surface area contributed by atoms with E-state index in [0.29, 0.717) is 26.2 Å². The molecule has 0 spiro atoms. The number of aliphatic imine (C=N–C) groups is 1. The van der Waals surface area contributed by atoms with Crippen LogP contribution in [0.2, 0.25) is 0 Å². The average molecular weight is 462 g/mol. The fraction of sp³-hybridized carbons (Fsp3) is 0.556. The van der Waals surface area contributed by atoms with Crippen molar-refractivity contribution in [3.05, 3.63) is 35.9 Å². The molecule has 0 heterocycles. The van der Waals surface area contributed by atoms with Crippen molar-refractivity contribution in [2.24, 2.45) is 4.99 Å². The minimum absolute atomic E-state index is 0. The lowest BCUT2D eigenvalue weighted by molar-refractivity contribution is -0.118. The average Bonchev–Trinajstić information content (AvgIpc) is 2.58. The largest absolute Gasteiger partial charge is 0.374 e. The second-order valence-electron chi connectivity index (χ2n) is 5.45. The van der Waals surface area contributed by atoms with Crippen LogP contribution in [0, 0.1) is 0 Å². The van der Waals surface area contributed by atoms with Crippen LogP contribution in [-0.4, -0.2) is 44.7 Å². The van der Waals surface area contributed by atoms with Crippen LogP contribution in [0.25, 0.3) is 0 Å². The highest BCUT2D eigenvalue weighted by molar-refractivity contribution is 14.0. The van der Waals surface area contributed by atoms with Crippen LogP contribution in [0.15, 0.2) is 35.3 Å². The normalized spacial score (nSPS) is 12.0. The number of ether oxygens (including phenoxy) is 1. The van der Waals surface area contributed by atoms with Crippen molar-refractivity contribution in [2.75, 3.05) is 32.8 Å². The monoisotopic (exact) mass is 462 g/mol. The molecule has 25 heavy (non-hydrogen) atoms. The highest BCUT2D eigenvalue weighted by atomic mass is 127. The van der Waals surface area contributed by atoms with E-state index in [-0.39, 0.29) is 36.0 Å². The number of hydrogen-bond donors (Lipinski definition) is 3. The third-order valence-corrected chi connectivity index (χ3v) is 3.34. The quantitative estimate of drug-likeness (QED) is 0.216. The summed E-state index contributed by atoms with van der Waals surface area (Å²) in [5.41, 5.74) is 1.19. The van der Waals surface area contributed by atoms with Crippen molar-refractivity contribution in [1.29, 1.82) is 0 Å². The molecule has 142 valence electrons. The molecule has 1 amide bonds. The summed E-state index contributed by atoms with van der Waals surface area (Å²) in [4.78, 5) is 15.3. The SMILES string of the molecule is CCNC(=NCCCOC(C)c1ccccc1)NCCNC(C)=O.I. The standard InChI is InChI=1S/C18H30N4O2.HI/c1-4-19-18(22-13-12-20-16(3)23)21-11-8-14-24-15(2)17-9-6-5-7-10-17;/h5-7,9-10,15H,4,8,11-14H2,1-3H3,(H,20,23)(H2,19,21,22);1H. The van der Waals surface area contributed by atoms with Crippen molar-refractivity contribution in [3.8, 4) is 0 Å². The first-order chi connectivity index (χ1) is 11.6. The Labute approximate surface area is 168 Å². The lowest BCUT2D eigenvalue weighted by Gasteiger charge is -2.13. The van der Waals surface area contributed by atoms with Crippen LogP contribution in [0.1, 0.15) is 38.9 Å². The summed E-state index contributed by atoms with van der Waals surface area (Å²) in [6.45, 7) is 8.98. The number of hydrogen-bond acceptors (Lipinski definition) is 3. The molecule has 0 aromatic heterocycles. The third kappa shape index (κ3) is 11.8. The van der Waals surface area contributed by atoms with Crippen molar-refractivity contribution in [3.63, 3.8) is 0 Å². The number of carbonyl (C=O) groups is 1. The molecular weight excluding hydrogens is 431 g/mol. The minimum atomic E-state index is -0.0246. The number of benzene rings is 1. The molecule has 1 aromatic carbocycles. The zero-order valence-electron chi connectivity index (χ0n) is 15.4. The summed E-state index contributed by atoms with van der Waals surface area (Å²) < 4.78 is 5.84. The molecule has 1 aromatic rings. The molecule has 3 N–H and O–H groups in total. The third-order valence-electron chi connectivity index (χ3n) is 3.34. The number of nitrogens with one attached hydrogen (secondary N) is 3. The summed E-state index contributed by atoms with van der Waals surface area (Å²) in [6.07, 6.45) is 0.957. The fourth-order valence-electron chi connectivity index (χ4n) is 2.10. The lowest BCUT2D eigenvalue weighted by atomic mass is 10.1. The van der Waals surface area contributed by atoms with Gasteiger partial charge in [-0.3, -0.25) is 9.79 Å². The van der Waals surface area contributed by atoms with E-state index in [1.54, 1.807) is 0 Å². The first kappa shape index (κ1) is 23.6. The molecule has 0 saturated carbocycles. The smallest absolute Gasteiger partial charge is 0.216 e. The zero-order chi connectivity index (χ0) is 17.6. The van der Waals surface area contributed by atoms with E-state index in [0.717, 1.165) is 18.9 Å². The van der Waals surface area contributed by atoms with Gasteiger partial charge >= 0.3 is 0 Å². The van der Waals surface area contributed by atoms with Crippen molar-refractivity contribution >= 4 is 35.8 Å². The highest BCUT2D eigenvalue weighted by Crippen LogP contribution is 2.15. The van der Waals surface area contributed by atoms with Gasteiger partial charge in [-0.25, -0.2) is 0 Å². The van der Waals surface area contributed by atoms with Crippen LogP contribution in [0.3, 0.4) is 0 Å². The van der Waals surface area contributed by atoms with Crippen LogP contribution in [0.5, 0.6) is 0 Å². The molecule has 0 aliphatic carbocycles. The second-order valence-corrected chi connectivity index (χ2v) is 5.45. The summed E-state index contributed by atoms with van der Waals surface area (Å²) in [6, 6.07) is 10.2. The summed E-state index contributed by atoms with van der Waals surface area (Å²) in [7, 11) is 0. The maximum atomic E-state index is 10.8.